The van der Waals surface area contributed by atoms with Crippen LogP contribution in [0, 0.1) is 5.92 Å². The maximum absolute atomic E-state index is 13.3. The molecule has 0 fully saturated rings. The van der Waals surface area contributed by atoms with Crippen molar-refractivity contribution in [2.45, 2.75) is 53.1 Å². The zero-order valence-electron chi connectivity index (χ0n) is 22.0. The zero-order valence-corrected chi connectivity index (χ0v) is 22.8. The molecule has 2 amide bonds. The van der Waals surface area contributed by atoms with Crippen LogP contribution in [0.4, 0.5) is 0 Å². The van der Waals surface area contributed by atoms with E-state index >= 15 is 0 Å². The number of hydrogen-bond donors (Lipinski definition) is 1. The van der Waals surface area contributed by atoms with Crippen LogP contribution in [0.15, 0.2) is 46.3 Å². The summed E-state index contributed by atoms with van der Waals surface area (Å²) in [5.41, 5.74) is 6.70. The SMILES string of the molecule is CCCCOc1c(CN)n(CC(C)C)c(=O)c2ccc(OCCN3C(=O)C4=C(C(=O)CC=C4)C3=O)cc12.Cl. The molecule has 1 aliphatic heterocycles. The first kappa shape index (κ1) is 29.1. The van der Waals surface area contributed by atoms with Crippen LogP contribution < -0.4 is 20.8 Å². The standard InChI is InChI=1S/C28H33N3O6.ClH/c1-4-5-12-37-25-21-14-18(9-10-19(21)26(33)31(16-17(2)3)22(25)15-29)36-13-11-30-27(34)20-7-6-8-23(32)24(20)28(30)35;/h6-7,9-10,14,17H,4-5,8,11-13,15-16,29H2,1-3H3;1H. The Morgan fingerprint density at radius 3 is 2.45 bits per heavy atom. The molecule has 2 aromatic rings. The molecule has 0 atom stereocenters. The van der Waals surface area contributed by atoms with E-state index in [4.69, 9.17) is 15.2 Å². The van der Waals surface area contributed by atoms with E-state index in [0.29, 0.717) is 41.1 Å². The number of carbonyl (C=O) groups excluding carboxylic acids is 3. The van der Waals surface area contributed by atoms with Gasteiger partial charge >= 0.3 is 0 Å². The molecule has 0 saturated carbocycles. The van der Waals surface area contributed by atoms with Gasteiger partial charge in [-0.2, -0.15) is 0 Å². The monoisotopic (exact) mass is 543 g/mol. The summed E-state index contributed by atoms with van der Waals surface area (Å²) in [6.07, 6.45) is 5.06. The highest BCUT2D eigenvalue weighted by atomic mass is 35.5. The number of halogens is 1. The topological polar surface area (TPSA) is 121 Å². The van der Waals surface area contributed by atoms with Crippen LogP contribution in [0.2, 0.25) is 0 Å². The summed E-state index contributed by atoms with van der Waals surface area (Å²) in [5, 5.41) is 1.11. The molecule has 2 aliphatic rings. The van der Waals surface area contributed by atoms with Crippen molar-refractivity contribution in [2.24, 2.45) is 11.7 Å². The highest BCUT2D eigenvalue weighted by Crippen LogP contribution is 2.32. The van der Waals surface area contributed by atoms with Gasteiger partial charge in [-0.25, -0.2) is 0 Å². The predicted octanol–water partition coefficient (Wildman–Crippen LogP) is 3.29. The molecule has 0 spiro atoms. The molecular formula is C28H34ClN3O6. The minimum absolute atomic E-state index is 0. The Morgan fingerprint density at radius 1 is 1.03 bits per heavy atom. The lowest BCUT2D eigenvalue weighted by Gasteiger charge is -2.21. The molecule has 0 radical (unpaired) electrons. The smallest absolute Gasteiger partial charge is 0.265 e. The van der Waals surface area contributed by atoms with E-state index in [1.807, 2.05) is 13.8 Å². The number of amides is 2. The fourth-order valence-electron chi connectivity index (χ4n) is 4.64. The maximum atomic E-state index is 13.3. The van der Waals surface area contributed by atoms with Crippen molar-refractivity contribution < 1.29 is 23.9 Å². The molecule has 0 saturated heterocycles. The molecule has 10 heteroatoms. The number of fused-ring (bicyclic) bond motifs is 1. The molecule has 1 aromatic carbocycles. The number of Topliss-reactive ketones (excluding diaryl/α,β-unsaturated/α-hetero) is 1. The number of aromatic nitrogens is 1. The molecule has 1 aliphatic carbocycles. The number of imide groups is 1. The van der Waals surface area contributed by atoms with Gasteiger partial charge in [0, 0.05) is 24.9 Å². The highest BCUT2D eigenvalue weighted by molar-refractivity contribution is 6.33. The summed E-state index contributed by atoms with van der Waals surface area (Å²) >= 11 is 0. The van der Waals surface area contributed by atoms with Gasteiger partial charge in [0.25, 0.3) is 17.4 Å². The van der Waals surface area contributed by atoms with Crippen LogP contribution in [-0.2, 0) is 27.5 Å². The molecule has 2 N–H and O–H groups in total. The quantitative estimate of drug-likeness (QED) is 0.262. The summed E-state index contributed by atoms with van der Waals surface area (Å²) in [4.78, 5) is 51.7. The van der Waals surface area contributed by atoms with E-state index in [-0.39, 0.29) is 66.9 Å². The van der Waals surface area contributed by atoms with Gasteiger partial charge in [0.05, 0.1) is 35.4 Å². The molecule has 1 aromatic heterocycles. The van der Waals surface area contributed by atoms with Crippen molar-refractivity contribution in [3.8, 4) is 11.5 Å². The fourth-order valence-corrected chi connectivity index (χ4v) is 4.64. The van der Waals surface area contributed by atoms with Crippen LogP contribution >= 0.6 is 12.4 Å². The van der Waals surface area contributed by atoms with Crippen LogP contribution in [0.1, 0.15) is 45.7 Å². The second-order valence-corrected chi connectivity index (χ2v) is 9.63. The predicted molar refractivity (Wildman–Crippen MR) is 147 cm³/mol. The van der Waals surface area contributed by atoms with Crippen molar-refractivity contribution in [1.82, 2.24) is 9.47 Å². The number of benzene rings is 1. The Labute approximate surface area is 227 Å². The fraction of sp³-hybridized carbons (Fsp3) is 0.429. The molecule has 4 rings (SSSR count). The lowest BCUT2D eigenvalue weighted by Crippen LogP contribution is -2.35. The van der Waals surface area contributed by atoms with Gasteiger partial charge in [-0.3, -0.25) is 24.1 Å². The first-order valence-corrected chi connectivity index (χ1v) is 12.7. The summed E-state index contributed by atoms with van der Waals surface area (Å²) in [6.45, 7) is 7.35. The number of nitrogens with two attached hydrogens (primary N) is 1. The molecule has 9 nitrogen and oxygen atoms in total. The van der Waals surface area contributed by atoms with Gasteiger partial charge in [0.2, 0.25) is 0 Å². The Morgan fingerprint density at radius 2 is 1.79 bits per heavy atom. The van der Waals surface area contributed by atoms with Gasteiger partial charge in [-0.1, -0.05) is 39.3 Å². The minimum Gasteiger partial charge on any atom is -0.492 e. The van der Waals surface area contributed by atoms with Crippen molar-refractivity contribution in [2.75, 3.05) is 19.8 Å². The van der Waals surface area contributed by atoms with Crippen molar-refractivity contribution in [1.29, 1.82) is 0 Å². The number of ketones is 1. The van der Waals surface area contributed by atoms with Crippen LogP contribution in [0.5, 0.6) is 11.5 Å². The number of rotatable bonds is 11. The maximum Gasteiger partial charge on any atom is 0.265 e. The second kappa shape index (κ2) is 12.4. The average Bonchev–Trinajstić information content (AvgIpc) is 3.12. The van der Waals surface area contributed by atoms with Crippen molar-refractivity contribution in [3.63, 3.8) is 0 Å². The highest BCUT2D eigenvalue weighted by Gasteiger charge is 2.41. The Balaban J connectivity index is 0.00000400. The second-order valence-electron chi connectivity index (χ2n) is 9.63. The van der Waals surface area contributed by atoms with E-state index in [9.17, 15) is 19.2 Å². The number of pyridine rings is 1. The first-order valence-electron chi connectivity index (χ1n) is 12.7. The number of hydrogen-bond acceptors (Lipinski definition) is 7. The molecule has 2 heterocycles. The van der Waals surface area contributed by atoms with Crippen LogP contribution in [-0.4, -0.2) is 46.8 Å². The lowest BCUT2D eigenvalue weighted by atomic mass is 9.98. The van der Waals surface area contributed by atoms with E-state index in [0.717, 1.165) is 17.7 Å². The first-order chi connectivity index (χ1) is 17.8. The van der Waals surface area contributed by atoms with E-state index in [1.165, 1.54) is 6.08 Å². The lowest BCUT2D eigenvalue weighted by molar-refractivity contribution is -0.138. The zero-order chi connectivity index (χ0) is 26.7. The summed E-state index contributed by atoms with van der Waals surface area (Å²) in [6, 6.07) is 5.12. The Hall–Kier alpha value is -3.43. The number of ether oxygens (including phenoxy) is 2. The number of nitrogens with zero attached hydrogens (tertiary/aromatic N) is 2. The van der Waals surface area contributed by atoms with Crippen LogP contribution in [0.25, 0.3) is 10.8 Å². The number of allylic oxidation sites excluding steroid dienone is 1. The van der Waals surface area contributed by atoms with E-state index in [1.54, 1.807) is 28.8 Å². The molecule has 204 valence electrons. The van der Waals surface area contributed by atoms with Gasteiger partial charge in [-0.15, -0.1) is 12.4 Å². The van der Waals surface area contributed by atoms with Crippen LogP contribution in [0.3, 0.4) is 0 Å². The Bertz CT molecular complexity index is 1370. The van der Waals surface area contributed by atoms with Crippen molar-refractivity contribution >= 4 is 40.8 Å². The third kappa shape index (κ3) is 5.54. The van der Waals surface area contributed by atoms with Gasteiger partial charge in [0.1, 0.15) is 18.1 Å². The van der Waals surface area contributed by atoms with Gasteiger partial charge in [0.15, 0.2) is 5.78 Å². The molecule has 38 heavy (non-hydrogen) atoms. The molecule has 0 unspecified atom stereocenters. The van der Waals surface area contributed by atoms with E-state index in [2.05, 4.69) is 6.92 Å². The Kier molecular flexibility index (Phi) is 9.51. The third-order valence-electron chi connectivity index (χ3n) is 6.44. The van der Waals surface area contributed by atoms with Gasteiger partial charge in [-0.05, 0) is 30.5 Å². The third-order valence-corrected chi connectivity index (χ3v) is 6.44. The summed E-state index contributed by atoms with van der Waals surface area (Å²) in [7, 11) is 0. The summed E-state index contributed by atoms with van der Waals surface area (Å²) in [5.74, 6) is -0.136. The van der Waals surface area contributed by atoms with Crippen molar-refractivity contribution in [3.05, 3.63) is 57.5 Å². The minimum atomic E-state index is -0.582. The molecular weight excluding hydrogens is 510 g/mol. The van der Waals surface area contributed by atoms with E-state index < -0.39 is 11.8 Å². The largest absolute Gasteiger partial charge is 0.492 e. The average molecular weight is 544 g/mol. The van der Waals surface area contributed by atoms with Gasteiger partial charge < -0.3 is 19.8 Å². The number of unbranched alkanes of at least 4 members (excludes halogenated alkanes) is 1. The normalized spacial score (nSPS) is 15.0. The summed E-state index contributed by atoms with van der Waals surface area (Å²) < 4.78 is 13.7. The molecule has 0 bridgehead atoms. The number of carbonyl (C=O) groups is 3.